The number of nitrogens with zero attached hydrogens (tertiary/aromatic N) is 3. The van der Waals surface area contributed by atoms with E-state index >= 15 is 0 Å². The Balaban J connectivity index is 2.23. The van der Waals surface area contributed by atoms with Crippen molar-refractivity contribution in [3.63, 3.8) is 0 Å². The summed E-state index contributed by atoms with van der Waals surface area (Å²) >= 11 is 0. The maximum atomic E-state index is 10.2. The zero-order valence-electron chi connectivity index (χ0n) is 12.1. The third-order valence-corrected chi connectivity index (χ3v) is 3.97. The fourth-order valence-corrected chi connectivity index (χ4v) is 2.97. The number of hydrogen-bond donors (Lipinski definition) is 3. The van der Waals surface area contributed by atoms with Crippen LogP contribution in [0.4, 0.5) is 0 Å². The monoisotopic (exact) mass is 281 g/mol. The molecule has 4 atom stereocenters. The minimum absolute atomic E-state index is 0.169. The average molecular weight is 281 g/mol. The van der Waals surface area contributed by atoms with E-state index in [2.05, 4.69) is 9.97 Å². The number of aromatic nitrogens is 2. The van der Waals surface area contributed by atoms with E-state index in [1.54, 1.807) is 12.4 Å². The second-order valence-corrected chi connectivity index (χ2v) is 5.78. The van der Waals surface area contributed by atoms with Gasteiger partial charge in [-0.25, -0.2) is 9.97 Å². The molecule has 0 bridgehead atoms. The SMILES string of the molecule is Cc1ncc(CN2[C@H](CO)[C@@H](O)[C@@H](O)[C@@H]2C(C)C)cn1. The lowest BCUT2D eigenvalue weighted by Crippen LogP contribution is -2.43. The van der Waals surface area contributed by atoms with Gasteiger partial charge in [-0.15, -0.1) is 0 Å². The van der Waals surface area contributed by atoms with Crippen LogP contribution in [0.5, 0.6) is 0 Å². The smallest absolute Gasteiger partial charge is 0.125 e. The first kappa shape index (κ1) is 15.3. The van der Waals surface area contributed by atoms with E-state index in [1.807, 2.05) is 25.7 Å². The highest BCUT2D eigenvalue weighted by atomic mass is 16.3. The number of aryl methyl sites for hydroxylation is 1. The first-order valence-electron chi connectivity index (χ1n) is 6.96. The second-order valence-electron chi connectivity index (χ2n) is 5.78. The summed E-state index contributed by atoms with van der Waals surface area (Å²) in [5, 5.41) is 29.8. The Labute approximate surface area is 119 Å². The second kappa shape index (κ2) is 6.13. The summed E-state index contributed by atoms with van der Waals surface area (Å²) < 4.78 is 0. The topological polar surface area (TPSA) is 89.7 Å². The van der Waals surface area contributed by atoms with Crippen LogP contribution in [0.25, 0.3) is 0 Å². The molecular formula is C14H23N3O3. The van der Waals surface area contributed by atoms with Crippen molar-refractivity contribution in [2.75, 3.05) is 6.61 Å². The third kappa shape index (κ3) is 2.83. The number of aliphatic hydroxyl groups is 3. The van der Waals surface area contributed by atoms with Crippen LogP contribution in [0, 0.1) is 12.8 Å². The molecule has 3 N–H and O–H groups in total. The van der Waals surface area contributed by atoms with E-state index in [1.165, 1.54) is 0 Å². The molecule has 6 heteroatoms. The van der Waals surface area contributed by atoms with Crippen LogP contribution in [-0.4, -0.2) is 61.1 Å². The number of aliphatic hydroxyl groups excluding tert-OH is 3. The Morgan fingerprint density at radius 1 is 1.20 bits per heavy atom. The van der Waals surface area contributed by atoms with Gasteiger partial charge in [-0.3, -0.25) is 4.90 Å². The fraction of sp³-hybridized carbons (Fsp3) is 0.714. The van der Waals surface area contributed by atoms with Crippen molar-refractivity contribution >= 4 is 0 Å². The molecule has 1 aromatic rings. The lowest BCUT2D eigenvalue weighted by Gasteiger charge is -2.31. The molecule has 0 unspecified atom stereocenters. The third-order valence-electron chi connectivity index (χ3n) is 3.97. The highest BCUT2D eigenvalue weighted by Crippen LogP contribution is 2.31. The molecule has 2 heterocycles. The molecule has 1 saturated heterocycles. The van der Waals surface area contributed by atoms with Gasteiger partial charge in [0.05, 0.1) is 24.9 Å². The van der Waals surface area contributed by atoms with Crippen molar-refractivity contribution in [1.29, 1.82) is 0 Å². The quantitative estimate of drug-likeness (QED) is 0.702. The Morgan fingerprint density at radius 2 is 1.80 bits per heavy atom. The molecule has 2 rings (SSSR count). The molecule has 1 aliphatic heterocycles. The summed E-state index contributed by atoms with van der Waals surface area (Å²) in [7, 11) is 0. The van der Waals surface area contributed by atoms with Crippen LogP contribution in [0.2, 0.25) is 0 Å². The lowest BCUT2D eigenvalue weighted by atomic mass is 9.98. The summed E-state index contributed by atoms with van der Waals surface area (Å²) in [5.74, 6) is 0.872. The summed E-state index contributed by atoms with van der Waals surface area (Å²) in [6.07, 6.45) is 1.70. The molecule has 6 nitrogen and oxygen atoms in total. The van der Waals surface area contributed by atoms with Crippen molar-refractivity contribution in [3.8, 4) is 0 Å². The Morgan fingerprint density at radius 3 is 2.30 bits per heavy atom. The molecular weight excluding hydrogens is 258 g/mol. The largest absolute Gasteiger partial charge is 0.395 e. The van der Waals surface area contributed by atoms with Crippen LogP contribution in [0.15, 0.2) is 12.4 Å². The summed E-state index contributed by atoms with van der Waals surface area (Å²) in [6.45, 7) is 6.13. The fourth-order valence-electron chi connectivity index (χ4n) is 2.97. The maximum absolute atomic E-state index is 10.2. The van der Waals surface area contributed by atoms with Crippen LogP contribution < -0.4 is 0 Å². The van der Waals surface area contributed by atoms with Crippen molar-refractivity contribution < 1.29 is 15.3 Å². The van der Waals surface area contributed by atoms with E-state index in [-0.39, 0.29) is 18.6 Å². The average Bonchev–Trinajstić information content (AvgIpc) is 2.64. The molecule has 20 heavy (non-hydrogen) atoms. The van der Waals surface area contributed by atoms with Gasteiger partial charge in [0.25, 0.3) is 0 Å². The minimum atomic E-state index is -0.932. The van der Waals surface area contributed by atoms with Crippen molar-refractivity contribution in [3.05, 3.63) is 23.8 Å². The highest BCUT2D eigenvalue weighted by molar-refractivity contribution is 5.09. The predicted octanol–water partition coefficient (Wildman–Crippen LogP) is -0.292. The van der Waals surface area contributed by atoms with Gasteiger partial charge in [0.15, 0.2) is 0 Å². The Bertz CT molecular complexity index is 438. The van der Waals surface area contributed by atoms with E-state index in [4.69, 9.17) is 0 Å². The predicted molar refractivity (Wildman–Crippen MR) is 73.8 cm³/mol. The summed E-state index contributed by atoms with van der Waals surface area (Å²) in [4.78, 5) is 10.3. The molecule has 112 valence electrons. The molecule has 0 amide bonds. The van der Waals surface area contributed by atoms with Gasteiger partial charge in [0.2, 0.25) is 0 Å². The molecule has 1 aliphatic rings. The van der Waals surface area contributed by atoms with Gasteiger partial charge >= 0.3 is 0 Å². The van der Waals surface area contributed by atoms with E-state index in [0.29, 0.717) is 12.4 Å². The molecule has 0 radical (unpaired) electrons. The van der Waals surface area contributed by atoms with Crippen LogP contribution in [0.3, 0.4) is 0 Å². The van der Waals surface area contributed by atoms with Gasteiger partial charge in [-0.2, -0.15) is 0 Å². The Hall–Kier alpha value is -1.08. The molecule has 0 spiro atoms. The van der Waals surface area contributed by atoms with Crippen LogP contribution >= 0.6 is 0 Å². The first-order chi connectivity index (χ1) is 9.45. The minimum Gasteiger partial charge on any atom is -0.395 e. The van der Waals surface area contributed by atoms with E-state index in [9.17, 15) is 15.3 Å². The number of likely N-dealkylation sites (tertiary alicyclic amines) is 1. The zero-order chi connectivity index (χ0) is 14.9. The molecule has 0 aliphatic carbocycles. The Kier molecular flexibility index (Phi) is 4.70. The van der Waals surface area contributed by atoms with Gasteiger partial charge in [0, 0.05) is 30.5 Å². The maximum Gasteiger partial charge on any atom is 0.125 e. The molecule has 1 fully saturated rings. The van der Waals surface area contributed by atoms with Crippen molar-refractivity contribution in [2.45, 2.75) is 51.6 Å². The molecule has 1 aromatic heterocycles. The summed E-state index contributed by atoms with van der Waals surface area (Å²) in [6, 6.07) is -0.651. The molecule has 0 saturated carbocycles. The van der Waals surface area contributed by atoms with Gasteiger partial charge in [0.1, 0.15) is 5.82 Å². The van der Waals surface area contributed by atoms with Crippen molar-refractivity contribution in [2.24, 2.45) is 5.92 Å². The number of hydrogen-bond acceptors (Lipinski definition) is 6. The zero-order valence-corrected chi connectivity index (χ0v) is 12.1. The molecule has 0 aromatic carbocycles. The lowest BCUT2D eigenvalue weighted by molar-refractivity contribution is 0.0145. The highest BCUT2D eigenvalue weighted by Gasteiger charge is 2.48. The normalized spacial score (nSPS) is 31.1. The van der Waals surface area contributed by atoms with Gasteiger partial charge in [-0.05, 0) is 12.8 Å². The van der Waals surface area contributed by atoms with Gasteiger partial charge in [-0.1, -0.05) is 13.8 Å². The summed E-state index contributed by atoms with van der Waals surface area (Å²) in [5.41, 5.74) is 0.904. The van der Waals surface area contributed by atoms with Crippen LogP contribution in [0.1, 0.15) is 25.2 Å². The standard InChI is InChI=1S/C14H23N3O3/c1-8(2)12-14(20)13(19)11(7-18)17(12)6-10-4-15-9(3)16-5-10/h4-5,8,11-14,18-20H,6-7H2,1-3H3/t11-,12+,13-,14+/m1/s1. The first-order valence-corrected chi connectivity index (χ1v) is 6.96. The van der Waals surface area contributed by atoms with Gasteiger partial charge < -0.3 is 15.3 Å². The number of rotatable bonds is 4. The van der Waals surface area contributed by atoms with Crippen LogP contribution in [-0.2, 0) is 6.54 Å². The van der Waals surface area contributed by atoms with E-state index < -0.39 is 18.2 Å². The van der Waals surface area contributed by atoms with Crippen molar-refractivity contribution in [1.82, 2.24) is 14.9 Å². The van der Waals surface area contributed by atoms with E-state index in [0.717, 1.165) is 5.56 Å².